The first-order valence-electron chi connectivity index (χ1n) is 3.18. The van der Waals surface area contributed by atoms with Crippen LogP contribution in [0.3, 0.4) is 0 Å². The van der Waals surface area contributed by atoms with Crippen LogP contribution in [0.2, 0.25) is 0 Å². The Kier molecular flexibility index (Phi) is 7.52. The zero-order valence-corrected chi connectivity index (χ0v) is 10.8. The molecule has 12 heavy (non-hydrogen) atoms. The Labute approximate surface area is 120 Å². The van der Waals surface area contributed by atoms with E-state index in [1.165, 1.54) is 11.8 Å². The molecule has 0 fully saturated rings. The molecule has 0 aliphatic rings. The van der Waals surface area contributed by atoms with Crippen LogP contribution in [0.5, 0.6) is 0 Å². The number of rotatable bonds is 3. The monoisotopic (exact) mass is 208 g/mol. The molecule has 0 unspecified atom stereocenters. The van der Waals surface area contributed by atoms with Crippen molar-refractivity contribution in [2.24, 2.45) is 0 Å². The predicted molar refractivity (Wildman–Crippen MR) is 45.9 cm³/mol. The van der Waals surface area contributed by atoms with Gasteiger partial charge in [0.2, 0.25) is 0 Å². The summed E-state index contributed by atoms with van der Waals surface area (Å²) < 4.78 is 0. The number of carboxylic acid groups (broad SMARTS) is 1. The molecule has 0 aliphatic carbocycles. The second-order valence-electron chi connectivity index (χ2n) is 2.00. The fourth-order valence-corrected chi connectivity index (χ4v) is 1.30. The largest absolute Gasteiger partial charge is 1.00 e. The zero-order chi connectivity index (χ0) is 8.10. The maximum atomic E-state index is 10.2. The Balaban J connectivity index is 0. The Morgan fingerprint density at radius 2 is 2.00 bits per heavy atom. The van der Waals surface area contributed by atoms with Gasteiger partial charge in [-0.25, -0.2) is 0 Å². The number of carbonyl (C=O) groups is 1. The van der Waals surface area contributed by atoms with Crippen LogP contribution < -0.4 is 51.4 Å². The van der Waals surface area contributed by atoms with Crippen LogP contribution in [0.25, 0.3) is 0 Å². The fourth-order valence-electron chi connectivity index (χ4n) is 0.662. The molecule has 1 N–H and O–H groups in total. The molecule has 60 valence electrons. The summed E-state index contributed by atoms with van der Waals surface area (Å²) in [5.41, 5.74) is 0. The van der Waals surface area contributed by atoms with E-state index in [4.69, 9.17) is 5.11 Å². The topological polar surface area (TPSA) is 37.3 Å². The Hall–Kier alpha value is 0.676. The molecule has 1 aromatic carbocycles. The van der Waals surface area contributed by atoms with Crippen LogP contribution in [0.4, 0.5) is 0 Å². The van der Waals surface area contributed by atoms with Gasteiger partial charge in [-0.15, -0.1) is 11.8 Å². The van der Waals surface area contributed by atoms with E-state index in [-0.39, 0.29) is 58.6 Å². The van der Waals surface area contributed by atoms with Crippen LogP contribution in [-0.4, -0.2) is 16.8 Å². The van der Waals surface area contributed by atoms with Gasteiger partial charge in [0, 0.05) is 4.90 Å². The van der Waals surface area contributed by atoms with E-state index < -0.39 is 5.97 Å². The first-order valence-corrected chi connectivity index (χ1v) is 4.17. The smallest absolute Gasteiger partial charge is 1.00 e. The first-order chi connectivity index (χ1) is 5.29. The van der Waals surface area contributed by atoms with Crippen LogP contribution in [0.1, 0.15) is 1.43 Å². The van der Waals surface area contributed by atoms with Crippen molar-refractivity contribution in [2.75, 3.05) is 5.75 Å². The molecule has 0 aromatic heterocycles. The van der Waals surface area contributed by atoms with Gasteiger partial charge in [-0.1, -0.05) is 18.2 Å². The van der Waals surface area contributed by atoms with E-state index in [1.54, 1.807) is 0 Å². The van der Waals surface area contributed by atoms with Crippen LogP contribution in [-0.2, 0) is 4.79 Å². The summed E-state index contributed by atoms with van der Waals surface area (Å²) in [6.45, 7) is 0. The molecule has 0 saturated heterocycles. The van der Waals surface area contributed by atoms with E-state index in [2.05, 4.69) is 0 Å². The molecular formula is C8H9KO2S. The molecule has 0 bridgehead atoms. The van der Waals surface area contributed by atoms with Crippen LogP contribution >= 0.6 is 11.8 Å². The van der Waals surface area contributed by atoms with Crippen molar-refractivity contribution >= 4 is 17.7 Å². The molecule has 0 heterocycles. The Morgan fingerprint density at radius 3 is 2.50 bits per heavy atom. The van der Waals surface area contributed by atoms with Gasteiger partial charge in [-0.3, -0.25) is 4.79 Å². The summed E-state index contributed by atoms with van der Waals surface area (Å²) in [6, 6.07) is 9.49. The molecule has 1 rings (SSSR count). The number of benzene rings is 1. The van der Waals surface area contributed by atoms with Gasteiger partial charge < -0.3 is 6.53 Å². The number of hydrogen-bond donors (Lipinski definition) is 1. The van der Waals surface area contributed by atoms with E-state index in [0.29, 0.717) is 0 Å². The van der Waals surface area contributed by atoms with Crippen molar-refractivity contribution < 1.29 is 62.7 Å². The fraction of sp³-hybridized carbons (Fsp3) is 0.125. The summed E-state index contributed by atoms with van der Waals surface area (Å²) in [4.78, 5) is 11.1. The molecule has 0 amide bonds. The molecule has 2 nitrogen and oxygen atoms in total. The maximum absolute atomic E-state index is 10.2. The zero-order valence-electron chi connectivity index (χ0n) is 7.86. The molecule has 0 spiro atoms. The van der Waals surface area contributed by atoms with Crippen LogP contribution in [0.15, 0.2) is 35.2 Å². The van der Waals surface area contributed by atoms with Gasteiger partial charge in [0.1, 0.15) is 0 Å². The Morgan fingerprint density at radius 1 is 1.42 bits per heavy atom. The minimum Gasteiger partial charge on any atom is -1.00 e. The van der Waals surface area contributed by atoms with E-state index in [9.17, 15) is 4.79 Å². The molecule has 0 atom stereocenters. The van der Waals surface area contributed by atoms with Gasteiger partial charge in [0.25, 0.3) is 0 Å². The van der Waals surface area contributed by atoms with E-state index >= 15 is 0 Å². The number of aliphatic carboxylic acids is 1. The summed E-state index contributed by atoms with van der Waals surface area (Å²) in [7, 11) is 0. The number of thioether (sulfide) groups is 1. The van der Waals surface area contributed by atoms with Gasteiger partial charge in [0.05, 0.1) is 5.75 Å². The summed E-state index contributed by atoms with van der Waals surface area (Å²) in [5.74, 6) is -0.650. The SMILES string of the molecule is O=C(O)CSc1ccccc1.[H-].[K+]. The normalized spacial score (nSPS) is 8.67. The second kappa shape index (κ2) is 7.12. The Bertz CT molecular complexity index is 243. The van der Waals surface area contributed by atoms with Gasteiger partial charge in [0.15, 0.2) is 0 Å². The molecule has 0 saturated carbocycles. The van der Waals surface area contributed by atoms with Crippen molar-refractivity contribution in [3.8, 4) is 0 Å². The number of carboxylic acids is 1. The molecular weight excluding hydrogens is 199 g/mol. The standard InChI is InChI=1S/C8H8O2S.K.H/c9-8(10)6-11-7-4-2-1-3-5-7;;/h1-5H,6H2,(H,9,10);;/q;+1;-1. The third-order valence-corrected chi connectivity index (χ3v) is 2.10. The second-order valence-corrected chi connectivity index (χ2v) is 3.04. The number of hydrogen-bond acceptors (Lipinski definition) is 2. The first kappa shape index (κ1) is 12.7. The van der Waals surface area contributed by atoms with Gasteiger partial charge >= 0.3 is 57.4 Å². The third kappa shape index (κ3) is 5.34. The molecule has 0 radical (unpaired) electrons. The minimum absolute atomic E-state index is 0. The van der Waals surface area contributed by atoms with E-state index in [1.807, 2.05) is 30.3 Å². The van der Waals surface area contributed by atoms with Crippen molar-refractivity contribution in [1.29, 1.82) is 0 Å². The summed E-state index contributed by atoms with van der Waals surface area (Å²) >= 11 is 1.33. The van der Waals surface area contributed by atoms with Crippen molar-refractivity contribution in [2.45, 2.75) is 4.90 Å². The summed E-state index contributed by atoms with van der Waals surface area (Å²) in [5, 5.41) is 8.35. The van der Waals surface area contributed by atoms with Gasteiger partial charge in [-0.2, -0.15) is 0 Å². The quantitative estimate of drug-likeness (QED) is 0.510. The molecule has 0 aliphatic heterocycles. The van der Waals surface area contributed by atoms with Gasteiger partial charge in [-0.05, 0) is 12.1 Å². The van der Waals surface area contributed by atoms with Crippen molar-refractivity contribution in [1.82, 2.24) is 0 Å². The van der Waals surface area contributed by atoms with Crippen molar-refractivity contribution in [3.05, 3.63) is 30.3 Å². The van der Waals surface area contributed by atoms with E-state index in [0.717, 1.165) is 4.90 Å². The predicted octanol–water partition coefficient (Wildman–Crippen LogP) is -1.02. The van der Waals surface area contributed by atoms with Crippen molar-refractivity contribution in [3.63, 3.8) is 0 Å². The molecule has 4 heteroatoms. The van der Waals surface area contributed by atoms with Crippen LogP contribution in [0, 0.1) is 0 Å². The average molecular weight is 208 g/mol. The minimum atomic E-state index is -0.779. The molecule has 1 aromatic rings. The maximum Gasteiger partial charge on any atom is 1.00 e. The summed E-state index contributed by atoms with van der Waals surface area (Å²) in [6.07, 6.45) is 0. The third-order valence-electron chi connectivity index (χ3n) is 1.11. The average Bonchev–Trinajstić information content (AvgIpc) is 2.03.